The molecule has 0 saturated heterocycles. The van der Waals surface area contributed by atoms with Crippen LogP contribution < -0.4 is 5.73 Å². The molecule has 1 aromatic heterocycles. The molecule has 2 aromatic rings. The second kappa shape index (κ2) is 7.07. The fourth-order valence-electron chi connectivity index (χ4n) is 2.07. The van der Waals surface area contributed by atoms with Gasteiger partial charge >= 0.3 is 5.97 Å². The number of carbonyl (C=O) groups excluding carboxylic acids is 1. The molecule has 1 aromatic carbocycles. The van der Waals surface area contributed by atoms with Gasteiger partial charge in [0.1, 0.15) is 12.6 Å². The maximum Gasteiger partial charge on any atom is 0.323 e. The van der Waals surface area contributed by atoms with Crippen molar-refractivity contribution in [1.82, 2.24) is 4.98 Å². The molecule has 3 N–H and O–H groups in total. The molecule has 0 amide bonds. The lowest BCUT2D eigenvalue weighted by Crippen LogP contribution is -2.35. The maximum absolute atomic E-state index is 11.8. The molecule has 0 bridgehead atoms. The number of H-pyrrole nitrogens is 1. The second-order valence-corrected chi connectivity index (χ2v) is 4.53. The largest absolute Gasteiger partial charge is 0.462 e. The summed E-state index contributed by atoms with van der Waals surface area (Å²) >= 11 is 0. The van der Waals surface area contributed by atoms with Crippen LogP contribution in [0.3, 0.4) is 0 Å². The SMILES string of the molecule is CCOCCOC(=O)[C@H](N)Cc1c[nH]c2ccccc12. The Morgan fingerprint density at radius 1 is 1.35 bits per heavy atom. The van der Waals surface area contributed by atoms with Crippen LogP contribution in [0.1, 0.15) is 12.5 Å². The van der Waals surface area contributed by atoms with E-state index in [1.165, 1.54) is 0 Å². The van der Waals surface area contributed by atoms with Crippen molar-refractivity contribution < 1.29 is 14.3 Å². The second-order valence-electron chi connectivity index (χ2n) is 4.53. The Labute approximate surface area is 118 Å². The Bertz CT molecular complexity index is 565. The van der Waals surface area contributed by atoms with Gasteiger partial charge in [-0.25, -0.2) is 0 Å². The Hall–Kier alpha value is -1.85. The molecule has 0 fully saturated rings. The van der Waals surface area contributed by atoms with Crippen LogP contribution in [0.25, 0.3) is 10.9 Å². The van der Waals surface area contributed by atoms with E-state index in [1.54, 1.807) is 0 Å². The average Bonchev–Trinajstić information content (AvgIpc) is 2.87. The number of hydrogen-bond donors (Lipinski definition) is 2. The van der Waals surface area contributed by atoms with Crippen LogP contribution in [-0.4, -0.2) is 36.8 Å². The van der Waals surface area contributed by atoms with E-state index in [4.69, 9.17) is 15.2 Å². The van der Waals surface area contributed by atoms with E-state index in [9.17, 15) is 4.79 Å². The molecule has 0 aliphatic rings. The summed E-state index contributed by atoms with van der Waals surface area (Å²) in [5, 5.41) is 1.09. The summed E-state index contributed by atoms with van der Waals surface area (Å²) in [5.74, 6) is -0.394. The third kappa shape index (κ3) is 3.59. The first-order valence-corrected chi connectivity index (χ1v) is 6.77. The van der Waals surface area contributed by atoms with Gasteiger partial charge in [-0.05, 0) is 18.6 Å². The molecule has 0 spiro atoms. The Balaban J connectivity index is 1.90. The standard InChI is InChI=1S/C15H20N2O3/c1-2-19-7-8-20-15(18)13(16)9-11-10-17-14-6-4-3-5-12(11)14/h3-6,10,13,17H,2,7-9,16H2,1H3/t13-/m1/s1. The van der Waals surface area contributed by atoms with Crippen molar-refractivity contribution in [3.05, 3.63) is 36.0 Å². The fourth-order valence-corrected chi connectivity index (χ4v) is 2.07. The zero-order valence-corrected chi connectivity index (χ0v) is 11.6. The topological polar surface area (TPSA) is 77.3 Å². The number of nitrogens with two attached hydrogens (primary N) is 1. The van der Waals surface area contributed by atoms with E-state index >= 15 is 0 Å². The first-order valence-electron chi connectivity index (χ1n) is 6.77. The molecule has 2 rings (SSSR count). The number of carbonyl (C=O) groups is 1. The lowest BCUT2D eigenvalue weighted by Gasteiger charge is -2.11. The lowest BCUT2D eigenvalue weighted by molar-refractivity contribution is -0.146. The van der Waals surface area contributed by atoms with Gasteiger partial charge in [0.15, 0.2) is 0 Å². The molecule has 0 aliphatic carbocycles. The van der Waals surface area contributed by atoms with Crippen LogP contribution in [0.4, 0.5) is 0 Å². The molecule has 108 valence electrons. The zero-order valence-electron chi connectivity index (χ0n) is 11.6. The minimum absolute atomic E-state index is 0.244. The number of nitrogens with one attached hydrogen (secondary N) is 1. The third-order valence-electron chi connectivity index (χ3n) is 3.09. The van der Waals surface area contributed by atoms with Crippen LogP contribution in [0.5, 0.6) is 0 Å². The molecule has 0 aliphatic heterocycles. The Morgan fingerprint density at radius 2 is 2.15 bits per heavy atom. The minimum atomic E-state index is -0.657. The first-order chi connectivity index (χ1) is 9.72. The van der Waals surface area contributed by atoms with Crippen molar-refractivity contribution in [3.8, 4) is 0 Å². The molecular formula is C15H20N2O3. The van der Waals surface area contributed by atoms with Crippen LogP contribution in [0.15, 0.2) is 30.5 Å². The third-order valence-corrected chi connectivity index (χ3v) is 3.09. The van der Waals surface area contributed by atoms with Gasteiger partial charge in [0.05, 0.1) is 6.61 Å². The number of hydrogen-bond acceptors (Lipinski definition) is 4. The van der Waals surface area contributed by atoms with E-state index < -0.39 is 12.0 Å². The quantitative estimate of drug-likeness (QED) is 0.595. The van der Waals surface area contributed by atoms with E-state index in [0.29, 0.717) is 19.6 Å². The summed E-state index contributed by atoms with van der Waals surface area (Å²) in [5.41, 5.74) is 7.95. The zero-order chi connectivity index (χ0) is 14.4. The highest BCUT2D eigenvalue weighted by atomic mass is 16.6. The van der Waals surface area contributed by atoms with Crippen molar-refractivity contribution >= 4 is 16.9 Å². The predicted molar refractivity (Wildman–Crippen MR) is 77.4 cm³/mol. The van der Waals surface area contributed by atoms with Crippen LogP contribution in [-0.2, 0) is 20.7 Å². The molecule has 5 heteroatoms. The van der Waals surface area contributed by atoms with Gasteiger partial charge in [-0.1, -0.05) is 18.2 Å². The van der Waals surface area contributed by atoms with Gasteiger partial charge < -0.3 is 20.2 Å². The molecular weight excluding hydrogens is 256 g/mol. The highest BCUT2D eigenvalue weighted by Crippen LogP contribution is 2.18. The Morgan fingerprint density at radius 3 is 2.95 bits per heavy atom. The summed E-state index contributed by atoms with van der Waals surface area (Å²) < 4.78 is 10.2. The van der Waals surface area contributed by atoms with Gasteiger partial charge in [-0.15, -0.1) is 0 Å². The number of aromatic amines is 1. The van der Waals surface area contributed by atoms with Gasteiger partial charge in [-0.2, -0.15) is 0 Å². The summed E-state index contributed by atoms with van der Waals surface area (Å²) in [6.45, 7) is 3.15. The molecule has 0 unspecified atom stereocenters. The number of benzene rings is 1. The van der Waals surface area contributed by atoms with Gasteiger partial charge in [0.25, 0.3) is 0 Å². The van der Waals surface area contributed by atoms with Gasteiger partial charge in [0, 0.05) is 30.1 Å². The van der Waals surface area contributed by atoms with Crippen LogP contribution in [0.2, 0.25) is 0 Å². The highest BCUT2D eigenvalue weighted by Gasteiger charge is 2.17. The highest BCUT2D eigenvalue weighted by molar-refractivity contribution is 5.84. The summed E-state index contributed by atoms with van der Waals surface area (Å²) in [7, 11) is 0. The summed E-state index contributed by atoms with van der Waals surface area (Å²) in [4.78, 5) is 14.9. The lowest BCUT2D eigenvalue weighted by atomic mass is 10.1. The molecule has 5 nitrogen and oxygen atoms in total. The summed E-state index contributed by atoms with van der Waals surface area (Å²) in [6, 6.07) is 7.27. The Kier molecular flexibility index (Phi) is 5.15. The first kappa shape index (κ1) is 14.6. The fraction of sp³-hybridized carbons (Fsp3) is 0.400. The molecule has 1 heterocycles. The normalized spacial score (nSPS) is 12.5. The van der Waals surface area contributed by atoms with Crippen LogP contribution >= 0.6 is 0 Å². The van der Waals surface area contributed by atoms with Crippen molar-refractivity contribution in [2.45, 2.75) is 19.4 Å². The van der Waals surface area contributed by atoms with Crippen molar-refractivity contribution in [1.29, 1.82) is 0 Å². The van der Waals surface area contributed by atoms with Crippen LogP contribution in [0, 0.1) is 0 Å². The van der Waals surface area contributed by atoms with E-state index in [1.807, 2.05) is 37.4 Å². The molecule has 20 heavy (non-hydrogen) atoms. The number of rotatable bonds is 7. The van der Waals surface area contributed by atoms with E-state index in [0.717, 1.165) is 16.5 Å². The molecule has 0 saturated carbocycles. The van der Waals surface area contributed by atoms with Crippen molar-refractivity contribution in [2.24, 2.45) is 5.73 Å². The van der Waals surface area contributed by atoms with Crippen molar-refractivity contribution in [2.75, 3.05) is 19.8 Å². The summed E-state index contributed by atoms with van der Waals surface area (Å²) in [6.07, 6.45) is 2.34. The van der Waals surface area contributed by atoms with Gasteiger partial charge in [-0.3, -0.25) is 4.79 Å². The number of para-hydroxylation sites is 1. The van der Waals surface area contributed by atoms with E-state index in [-0.39, 0.29) is 6.61 Å². The van der Waals surface area contributed by atoms with Crippen molar-refractivity contribution in [3.63, 3.8) is 0 Å². The minimum Gasteiger partial charge on any atom is -0.462 e. The number of ether oxygens (including phenoxy) is 2. The molecule has 0 radical (unpaired) electrons. The smallest absolute Gasteiger partial charge is 0.323 e. The van der Waals surface area contributed by atoms with E-state index in [2.05, 4.69) is 4.98 Å². The molecule has 1 atom stereocenters. The number of aromatic nitrogens is 1. The number of esters is 1. The monoisotopic (exact) mass is 276 g/mol. The predicted octanol–water partition coefficient (Wildman–Crippen LogP) is 1.62. The van der Waals surface area contributed by atoms with Gasteiger partial charge in [0.2, 0.25) is 0 Å². The maximum atomic E-state index is 11.8. The number of fused-ring (bicyclic) bond motifs is 1. The average molecular weight is 276 g/mol.